The van der Waals surface area contributed by atoms with Gasteiger partial charge in [0.15, 0.2) is 5.82 Å². The Balaban J connectivity index is 1.88. The van der Waals surface area contributed by atoms with Gasteiger partial charge >= 0.3 is 0 Å². The van der Waals surface area contributed by atoms with Crippen molar-refractivity contribution in [3.8, 4) is 21.8 Å². The molecule has 2 aromatic heterocycles. The molecule has 0 spiro atoms. The molecule has 12 heteroatoms. The van der Waals surface area contributed by atoms with Gasteiger partial charge in [0.25, 0.3) is 10.0 Å². The summed E-state index contributed by atoms with van der Waals surface area (Å²) in [5.74, 6) is -4.50. The molecule has 0 aliphatic rings. The van der Waals surface area contributed by atoms with Crippen LogP contribution in [0.1, 0.15) is 25.8 Å². The van der Waals surface area contributed by atoms with Crippen LogP contribution in [-0.2, 0) is 15.4 Å². The summed E-state index contributed by atoms with van der Waals surface area (Å²) < 4.78 is 85.5. The van der Waals surface area contributed by atoms with Crippen LogP contribution in [0.15, 0.2) is 53.8 Å². The molecule has 0 radical (unpaired) electrons. The molecule has 2 aromatic carbocycles. The minimum Gasteiger partial charge on any atom is -0.277 e. The summed E-state index contributed by atoms with van der Waals surface area (Å²) in [6.45, 7) is 5.64. The number of nitrogens with zero attached hydrogens (tertiary/aromatic N) is 3. The third-order valence-electron chi connectivity index (χ3n) is 4.84. The number of anilines is 1. The second kappa shape index (κ2) is 9.00. The molecule has 6 nitrogen and oxygen atoms in total. The van der Waals surface area contributed by atoms with Gasteiger partial charge in [0.1, 0.15) is 28.7 Å². The van der Waals surface area contributed by atoms with Gasteiger partial charge in [-0.05, 0) is 36.4 Å². The Morgan fingerprint density at radius 1 is 0.971 bits per heavy atom. The van der Waals surface area contributed by atoms with Gasteiger partial charge in [-0.15, -0.1) is 11.3 Å². The average molecular weight is 523 g/mol. The van der Waals surface area contributed by atoms with E-state index in [1.807, 2.05) is 25.5 Å². The van der Waals surface area contributed by atoms with Crippen LogP contribution in [0.25, 0.3) is 21.8 Å². The van der Waals surface area contributed by atoms with E-state index in [4.69, 9.17) is 0 Å². The van der Waals surface area contributed by atoms with Gasteiger partial charge in [-0.2, -0.15) is 0 Å². The number of rotatable bonds is 5. The lowest BCUT2D eigenvalue weighted by atomic mass is 9.98. The van der Waals surface area contributed by atoms with Crippen LogP contribution in [0.4, 0.5) is 23.2 Å². The van der Waals surface area contributed by atoms with Crippen molar-refractivity contribution in [1.29, 1.82) is 0 Å². The minimum atomic E-state index is -4.75. The Hall–Kier alpha value is -3.38. The summed E-state index contributed by atoms with van der Waals surface area (Å²) in [7, 11) is -4.75. The van der Waals surface area contributed by atoms with Crippen molar-refractivity contribution in [1.82, 2.24) is 15.0 Å². The third-order valence-corrected chi connectivity index (χ3v) is 7.72. The van der Waals surface area contributed by atoms with Crippen molar-refractivity contribution >= 4 is 27.0 Å². The molecule has 0 unspecified atom stereocenters. The van der Waals surface area contributed by atoms with E-state index in [0.29, 0.717) is 27.7 Å². The molecule has 182 valence electrons. The molecule has 0 fully saturated rings. The van der Waals surface area contributed by atoms with Crippen molar-refractivity contribution in [3.05, 3.63) is 77.2 Å². The van der Waals surface area contributed by atoms with Gasteiger partial charge in [-0.3, -0.25) is 4.72 Å². The first kappa shape index (κ1) is 24.7. The van der Waals surface area contributed by atoms with Crippen molar-refractivity contribution in [2.45, 2.75) is 31.1 Å². The number of hydrogen-bond acceptors (Lipinski definition) is 6. The van der Waals surface area contributed by atoms with E-state index in [-0.39, 0.29) is 5.69 Å². The molecule has 0 amide bonds. The topological polar surface area (TPSA) is 84.8 Å². The Bertz CT molecular complexity index is 1520. The van der Waals surface area contributed by atoms with Gasteiger partial charge in [0, 0.05) is 11.6 Å². The van der Waals surface area contributed by atoms with E-state index in [0.717, 1.165) is 18.2 Å². The summed E-state index contributed by atoms with van der Waals surface area (Å²) in [4.78, 5) is 11.8. The summed E-state index contributed by atoms with van der Waals surface area (Å²) >= 11 is 1.19. The Morgan fingerprint density at radius 3 is 2.34 bits per heavy atom. The van der Waals surface area contributed by atoms with Crippen molar-refractivity contribution < 1.29 is 26.0 Å². The first-order valence-electron chi connectivity index (χ1n) is 10.1. The molecule has 2 heterocycles. The number of hydrogen-bond donors (Lipinski definition) is 1. The maximum absolute atomic E-state index is 15.6. The van der Waals surface area contributed by atoms with E-state index in [2.05, 4.69) is 15.0 Å². The standard InChI is InChI=1S/C23H18F4N4O2S2/c1-23(2,3)22-30-20(21(34-22)16-8-9-28-11-29-16)18-14(26)6-7-15(19(18)27)31-35(32,33)17-10-12(24)4-5-13(17)25/h4-11,31H,1-3H3. The summed E-state index contributed by atoms with van der Waals surface area (Å²) in [5.41, 5.74) is -1.43. The smallest absolute Gasteiger partial charge is 0.265 e. The number of nitrogens with one attached hydrogen (secondary N) is 1. The molecule has 35 heavy (non-hydrogen) atoms. The first-order valence-corrected chi connectivity index (χ1v) is 12.4. The number of aromatic nitrogens is 3. The molecule has 0 bridgehead atoms. The Kier molecular flexibility index (Phi) is 6.36. The zero-order valence-electron chi connectivity index (χ0n) is 18.6. The number of thiazole rings is 1. The first-order chi connectivity index (χ1) is 16.4. The predicted molar refractivity (Wildman–Crippen MR) is 124 cm³/mol. The van der Waals surface area contributed by atoms with Crippen LogP contribution in [0, 0.1) is 23.3 Å². The van der Waals surface area contributed by atoms with Gasteiger partial charge < -0.3 is 0 Å². The van der Waals surface area contributed by atoms with Crippen molar-refractivity contribution in [3.63, 3.8) is 0 Å². The lowest BCUT2D eigenvalue weighted by Gasteiger charge is -2.14. The molecule has 4 aromatic rings. The highest BCUT2D eigenvalue weighted by Gasteiger charge is 2.29. The predicted octanol–water partition coefficient (Wildman–Crippen LogP) is 5.92. The average Bonchev–Trinajstić information content (AvgIpc) is 3.24. The zero-order chi connectivity index (χ0) is 25.5. The Labute approximate surface area is 202 Å². The number of sulfonamides is 1. The van der Waals surface area contributed by atoms with Crippen LogP contribution < -0.4 is 4.72 Å². The van der Waals surface area contributed by atoms with Crippen LogP contribution in [-0.4, -0.2) is 23.4 Å². The van der Waals surface area contributed by atoms with Crippen LogP contribution >= 0.6 is 11.3 Å². The van der Waals surface area contributed by atoms with E-state index < -0.39 is 54.9 Å². The highest BCUT2D eigenvalue weighted by Crippen LogP contribution is 2.42. The minimum absolute atomic E-state index is 0.0772. The summed E-state index contributed by atoms with van der Waals surface area (Å²) in [5, 5.41) is 0.563. The van der Waals surface area contributed by atoms with Gasteiger partial charge in [0.2, 0.25) is 0 Å². The lowest BCUT2D eigenvalue weighted by molar-refractivity contribution is 0.554. The molecule has 0 saturated carbocycles. The molecular weight excluding hydrogens is 504 g/mol. The quantitative estimate of drug-likeness (QED) is 0.329. The van der Waals surface area contributed by atoms with Crippen LogP contribution in [0.3, 0.4) is 0 Å². The van der Waals surface area contributed by atoms with Crippen LogP contribution in [0.2, 0.25) is 0 Å². The molecule has 0 aliphatic carbocycles. The van der Waals surface area contributed by atoms with Gasteiger partial charge in [0.05, 0.1) is 32.5 Å². The molecular formula is C23H18F4N4O2S2. The van der Waals surface area contributed by atoms with Gasteiger partial charge in [-0.25, -0.2) is 40.9 Å². The molecule has 0 aliphatic heterocycles. The molecule has 4 rings (SSSR count). The second-order valence-electron chi connectivity index (χ2n) is 8.51. The fraction of sp³-hybridized carbons (Fsp3) is 0.174. The monoisotopic (exact) mass is 522 g/mol. The summed E-state index contributed by atoms with van der Waals surface area (Å²) in [6.07, 6.45) is 2.74. The van der Waals surface area contributed by atoms with Crippen molar-refractivity contribution in [2.24, 2.45) is 0 Å². The Morgan fingerprint density at radius 2 is 1.69 bits per heavy atom. The van der Waals surface area contributed by atoms with Gasteiger partial charge in [-0.1, -0.05) is 20.8 Å². The third kappa shape index (κ3) is 4.89. The van der Waals surface area contributed by atoms with Crippen LogP contribution in [0.5, 0.6) is 0 Å². The normalized spacial score (nSPS) is 12.1. The van der Waals surface area contributed by atoms with Crippen molar-refractivity contribution in [2.75, 3.05) is 4.72 Å². The highest BCUT2D eigenvalue weighted by molar-refractivity contribution is 7.92. The fourth-order valence-electron chi connectivity index (χ4n) is 3.14. The second-order valence-corrected chi connectivity index (χ2v) is 11.2. The fourth-order valence-corrected chi connectivity index (χ4v) is 5.40. The highest BCUT2D eigenvalue weighted by atomic mass is 32.2. The lowest BCUT2D eigenvalue weighted by Crippen LogP contribution is -2.16. The molecule has 0 saturated heterocycles. The number of benzene rings is 2. The SMILES string of the molecule is CC(C)(C)c1nc(-c2c(F)ccc(NS(=O)(=O)c3cc(F)ccc3F)c2F)c(-c2ccncn2)s1. The number of halogens is 4. The largest absolute Gasteiger partial charge is 0.277 e. The summed E-state index contributed by atoms with van der Waals surface area (Å²) in [6, 6.07) is 5.10. The molecule has 0 atom stereocenters. The zero-order valence-corrected chi connectivity index (χ0v) is 20.2. The van der Waals surface area contributed by atoms with E-state index in [9.17, 15) is 21.6 Å². The van der Waals surface area contributed by atoms with E-state index in [1.54, 1.807) is 6.07 Å². The van der Waals surface area contributed by atoms with E-state index in [1.165, 1.54) is 23.9 Å². The molecule has 1 N–H and O–H groups in total. The van der Waals surface area contributed by atoms with E-state index >= 15 is 4.39 Å². The maximum Gasteiger partial charge on any atom is 0.265 e. The maximum atomic E-state index is 15.6.